The van der Waals surface area contributed by atoms with Gasteiger partial charge < -0.3 is 15.3 Å². The smallest absolute Gasteiger partial charge is 0.416 e. The Morgan fingerprint density at radius 1 is 1.29 bits per heavy atom. The van der Waals surface area contributed by atoms with E-state index in [1.165, 1.54) is 24.3 Å². The first-order valence-electron chi connectivity index (χ1n) is 6.02. The van der Waals surface area contributed by atoms with Gasteiger partial charge in [-0.15, -0.1) is 0 Å². The molecule has 0 bridgehead atoms. The third kappa shape index (κ3) is 3.63. The van der Waals surface area contributed by atoms with Gasteiger partial charge in [0.25, 0.3) is 0 Å². The Bertz CT molecular complexity index is 649. The summed E-state index contributed by atoms with van der Waals surface area (Å²) in [4.78, 5) is 10.6. The molecule has 1 aromatic carbocycles. The lowest BCUT2D eigenvalue weighted by atomic mass is 10.1. The first-order valence-corrected chi connectivity index (χ1v) is 6.02. The summed E-state index contributed by atoms with van der Waals surface area (Å²) in [6, 6.07) is 6.56. The van der Waals surface area contributed by atoms with Gasteiger partial charge in [-0.05, 0) is 24.3 Å². The van der Waals surface area contributed by atoms with E-state index in [1.807, 2.05) is 0 Å². The van der Waals surface area contributed by atoms with Crippen molar-refractivity contribution in [2.45, 2.75) is 18.6 Å². The molecule has 0 saturated heterocycles. The minimum atomic E-state index is -4.43. The van der Waals surface area contributed by atoms with E-state index < -0.39 is 23.8 Å². The second kappa shape index (κ2) is 5.61. The van der Waals surface area contributed by atoms with Gasteiger partial charge in [-0.1, -0.05) is 12.1 Å². The van der Waals surface area contributed by atoms with Crippen molar-refractivity contribution in [2.75, 3.05) is 0 Å². The SMILES string of the molecule is NC(Cc1ccc(-c2cccc(C(F)(F)F)c2)o1)C(=O)O. The highest BCUT2D eigenvalue weighted by atomic mass is 19.4. The Morgan fingerprint density at radius 2 is 2.00 bits per heavy atom. The molecule has 2 aromatic rings. The van der Waals surface area contributed by atoms with Crippen molar-refractivity contribution in [3.63, 3.8) is 0 Å². The van der Waals surface area contributed by atoms with Gasteiger partial charge in [0.05, 0.1) is 5.56 Å². The molecule has 4 nitrogen and oxygen atoms in total. The molecule has 0 aliphatic rings. The molecule has 0 spiro atoms. The lowest BCUT2D eigenvalue weighted by Crippen LogP contribution is -2.32. The molecule has 0 aliphatic heterocycles. The first-order chi connectivity index (χ1) is 9.77. The molecule has 1 aromatic heterocycles. The van der Waals surface area contributed by atoms with E-state index in [0.717, 1.165) is 12.1 Å². The summed E-state index contributed by atoms with van der Waals surface area (Å²) in [7, 11) is 0. The molecule has 0 amide bonds. The summed E-state index contributed by atoms with van der Waals surface area (Å²) in [6.45, 7) is 0. The number of aliphatic carboxylic acids is 1. The highest BCUT2D eigenvalue weighted by Crippen LogP contribution is 2.32. The van der Waals surface area contributed by atoms with Crippen LogP contribution >= 0.6 is 0 Å². The van der Waals surface area contributed by atoms with Gasteiger partial charge in [0.15, 0.2) is 0 Å². The van der Waals surface area contributed by atoms with Crippen LogP contribution in [0, 0.1) is 0 Å². The van der Waals surface area contributed by atoms with Crippen LogP contribution in [-0.4, -0.2) is 17.1 Å². The van der Waals surface area contributed by atoms with Crippen LogP contribution in [0.5, 0.6) is 0 Å². The zero-order valence-corrected chi connectivity index (χ0v) is 10.7. The number of nitrogens with two attached hydrogens (primary N) is 1. The fourth-order valence-electron chi connectivity index (χ4n) is 1.80. The molecule has 1 atom stereocenters. The second-order valence-corrected chi connectivity index (χ2v) is 4.49. The fraction of sp³-hybridized carbons (Fsp3) is 0.214. The average molecular weight is 299 g/mol. The van der Waals surface area contributed by atoms with Crippen LogP contribution in [0.3, 0.4) is 0 Å². The molecular formula is C14H12F3NO3. The highest BCUT2D eigenvalue weighted by Gasteiger charge is 2.30. The lowest BCUT2D eigenvalue weighted by Gasteiger charge is -2.07. The van der Waals surface area contributed by atoms with Crippen LogP contribution in [0.25, 0.3) is 11.3 Å². The normalized spacial score (nSPS) is 13.1. The summed E-state index contributed by atoms with van der Waals surface area (Å²) in [5.74, 6) is -0.641. The van der Waals surface area contributed by atoms with Crippen molar-refractivity contribution in [1.82, 2.24) is 0 Å². The van der Waals surface area contributed by atoms with Crippen LogP contribution in [0.15, 0.2) is 40.8 Å². The molecule has 0 fully saturated rings. The number of carboxylic acids is 1. The Morgan fingerprint density at radius 3 is 2.62 bits per heavy atom. The van der Waals surface area contributed by atoms with Gasteiger partial charge in [0.2, 0.25) is 0 Å². The monoisotopic (exact) mass is 299 g/mol. The minimum absolute atomic E-state index is 0.0334. The third-order valence-electron chi connectivity index (χ3n) is 2.87. The van der Waals surface area contributed by atoms with E-state index in [0.29, 0.717) is 5.76 Å². The van der Waals surface area contributed by atoms with E-state index in [2.05, 4.69) is 0 Å². The van der Waals surface area contributed by atoms with E-state index >= 15 is 0 Å². The molecule has 0 radical (unpaired) electrons. The van der Waals surface area contributed by atoms with Crippen LogP contribution in [0.2, 0.25) is 0 Å². The Labute approximate surface area is 118 Å². The van der Waals surface area contributed by atoms with Crippen molar-refractivity contribution in [1.29, 1.82) is 0 Å². The van der Waals surface area contributed by atoms with Gasteiger partial charge in [-0.2, -0.15) is 13.2 Å². The molecule has 1 unspecified atom stereocenters. The quantitative estimate of drug-likeness (QED) is 0.910. The van der Waals surface area contributed by atoms with Crippen molar-refractivity contribution >= 4 is 5.97 Å². The molecule has 3 N–H and O–H groups in total. The highest BCUT2D eigenvalue weighted by molar-refractivity contribution is 5.73. The maximum absolute atomic E-state index is 12.6. The van der Waals surface area contributed by atoms with Gasteiger partial charge >= 0.3 is 12.1 Å². The molecule has 112 valence electrons. The first kappa shape index (κ1) is 15.1. The van der Waals surface area contributed by atoms with Crippen LogP contribution in [-0.2, 0) is 17.4 Å². The van der Waals surface area contributed by atoms with Crippen LogP contribution < -0.4 is 5.73 Å². The molecule has 7 heteroatoms. The van der Waals surface area contributed by atoms with Gasteiger partial charge in [0.1, 0.15) is 17.6 Å². The lowest BCUT2D eigenvalue weighted by molar-refractivity contribution is -0.139. The van der Waals surface area contributed by atoms with E-state index in [-0.39, 0.29) is 17.7 Å². The number of alkyl halides is 3. The zero-order valence-electron chi connectivity index (χ0n) is 10.7. The van der Waals surface area contributed by atoms with Gasteiger partial charge in [0, 0.05) is 12.0 Å². The number of carboxylic acid groups (broad SMARTS) is 1. The maximum atomic E-state index is 12.6. The predicted molar refractivity (Wildman–Crippen MR) is 68.5 cm³/mol. The molecule has 1 heterocycles. The molecule has 2 rings (SSSR count). The summed E-state index contributed by atoms with van der Waals surface area (Å²) in [5.41, 5.74) is 4.86. The second-order valence-electron chi connectivity index (χ2n) is 4.49. The van der Waals surface area contributed by atoms with E-state index in [4.69, 9.17) is 15.3 Å². The zero-order chi connectivity index (χ0) is 15.6. The van der Waals surface area contributed by atoms with Crippen molar-refractivity contribution in [3.05, 3.63) is 47.7 Å². The molecule has 0 saturated carbocycles. The summed E-state index contributed by atoms with van der Waals surface area (Å²) in [5, 5.41) is 8.70. The van der Waals surface area contributed by atoms with E-state index in [1.54, 1.807) is 0 Å². The topological polar surface area (TPSA) is 76.5 Å². The van der Waals surface area contributed by atoms with E-state index in [9.17, 15) is 18.0 Å². The van der Waals surface area contributed by atoms with Crippen LogP contribution in [0.1, 0.15) is 11.3 Å². The molecule has 0 aliphatic carbocycles. The fourth-order valence-corrected chi connectivity index (χ4v) is 1.80. The molecule has 21 heavy (non-hydrogen) atoms. The summed E-state index contributed by atoms with van der Waals surface area (Å²) in [6.07, 6.45) is -4.47. The summed E-state index contributed by atoms with van der Waals surface area (Å²) < 4.78 is 43.3. The van der Waals surface area contributed by atoms with Crippen molar-refractivity contribution in [3.8, 4) is 11.3 Å². The number of benzene rings is 1. The van der Waals surface area contributed by atoms with Gasteiger partial charge in [-0.3, -0.25) is 4.79 Å². The molecular weight excluding hydrogens is 287 g/mol. The number of halogens is 3. The van der Waals surface area contributed by atoms with Crippen molar-refractivity contribution < 1.29 is 27.5 Å². The largest absolute Gasteiger partial charge is 0.480 e. The number of hydrogen-bond donors (Lipinski definition) is 2. The number of carbonyl (C=O) groups is 1. The maximum Gasteiger partial charge on any atom is 0.416 e. The van der Waals surface area contributed by atoms with Crippen molar-refractivity contribution in [2.24, 2.45) is 5.73 Å². The average Bonchev–Trinajstić information content (AvgIpc) is 2.86. The summed E-state index contributed by atoms with van der Waals surface area (Å²) >= 11 is 0. The Kier molecular flexibility index (Phi) is 4.04. The third-order valence-corrected chi connectivity index (χ3v) is 2.87. The standard InChI is InChI=1S/C14H12F3NO3/c15-14(16,17)9-3-1-2-8(6-9)12-5-4-10(21-12)7-11(18)13(19)20/h1-6,11H,7,18H2,(H,19,20). The van der Waals surface area contributed by atoms with Gasteiger partial charge in [-0.25, -0.2) is 0 Å². The minimum Gasteiger partial charge on any atom is -0.480 e. The Hall–Kier alpha value is -2.28. The number of rotatable bonds is 4. The van der Waals surface area contributed by atoms with Crippen LogP contribution in [0.4, 0.5) is 13.2 Å². The predicted octanol–water partition coefficient (Wildman–Crippen LogP) is 2.92. The number of hydrogen-bond acceptors (Lipinski definition) is 3. The Balaban J connectivity index is 2.24. The number of furan rings is 1.